The smallest absolute Gasteiger partial charge is 0.331 e. The van der Waals surface area contributed by atoms with Gasteiger partial charge in [-0.25, -0.2) is 4.79 Å². The number of halogens is 2. The first-order chi connectivity index (χ1) is 17.1. The van der Waals surface area contributed by atoms with Gasteiger partial charge in [-0.1, -0.05) is 55.2 Å². The molecule has 0 bridgehead atoms. The normalized spacial score (nSPS) is 18.2. The van der Waals surface area contributed by atoms with E-state index in [1.54, 1.807) is 28.0 Å². The monoisotopic (exact) mass is 530 g/mol. The Balaban J connectivity index is 1.52. The van der Waals surface area contributed by atoms with Crippen molar-refractivity contribution in [1.82, 2.24) is 15.1 Å². The van der Waals surface area contributed by atoms with E-state index in [0.717, 1.165) is 4.90 Å². The molecule has 4 rings (SSSR count). The van der Waals surface area contributed by atoms with Gasteiger partial charge < -0.3 is 10.2 Å². The first kappa shape index (κ1) is 26.0. The molecular formula is C26H28Cl2N4O4. The van der Waals surface area contributed by atoms with Crippen molar-refractivity contribution in [2.75, 3.05) is 25.0 Å². The molecule has 2 heterocycles. The Hall–Kier alpha value is -3.10. The number of carbonyl (C=O) groups excluding carboxylic acids is 4. The number of rotatable bonds is 5. The third-order valence-electron chi connectivity index (χ3n) is 6.92. The van der Waals surface area contributed by atoms with Gasteiger partial charge in [0.1, 0.15) is 11.6 Å². The van der Waals surface area contributed by atoms with Crippen LogP contribution in [0.2, 0.25) is 10.0 Å². The van der Waals surface area contributed by atoms with Crippen LogP contribution in [-0.2, 0) is 9.59 Å². The predicted molar refractivity (Wildman–Crippen MR) is 138 cm³/mol. The van der Waals surface area contributed by atoms with E-state index in [9.17, 15) is 19.2 Å². The van der Waals surface area contributed by atoms with Crippen LogP contribution in [0.25, 0.3) is 0 Å². The zero-order chi connectivity index (χ0) is 26.2. The van der Waals surface area contributed by atoms with Crippen LogP contribution in [0.3, 0.4) is 0 Å². The average molecular weight is 531 g/mol. The van der Waals surface area contributed by atoms with Crippen LogP contribution in [0, 0.1) is 5.92 Å². The van der Waals surface area contributed by atoms with E-state index < -0.39 is 17.5 Å². The largest absolute Gasteiger partial charge is 0.341 e. The molecule has 2 aromatic rings. The molecule has 10 heteroatoms. The summed E-state index contributed by atoms with van der Waals surface area (Å²) in [4.78, 5) is 57.0. The van der Waals surface area contributed by atoms with E-state index in [2.05, 4.69) is 5.32 Å². The van der Waals surface area contributed by atoms with Gasteiger partial charge in [0.05, 0.1) is 10.6 Å². The van der Waals surface area contributed by atoms with Gasteiger partial charge in [0.25, 0.3) is 11.8 Å². The van der Waals surface area contributed by atoms with Crippen LogP contribution in [-0.4, -0.2) is 65.3 Å². The van der Waals surface area contributed by atoms with Gasteiger partial charge in [-0.3, -0.25) is 24.2 Å². The summed E-state index contributed by atoms with van der Waals surface area (Å²) in [6, 6.07) is 12.5. The second-order valence-corrected chi connectivity index (χ2v) is 10.3. The van der Waals surface area contributed by atoms with Crippen LogP contribution in [0.1, 0.15) is 37.0 Å². The standard InChI is InChI=1S/C26H28Cl2N4O4/c1-16(2)21(29-22(33)19-15-17(27)9-10-20(19)28)23(34)31-13-11-26(12-14-31)24(35)30(3)25(36)32(26)18-7-5-4-6-8-18/h4-10,15-16,21H,11-14H2,1-3H3,(H,29,33)/t21-/m1/s1. The number of nitrogens with zero attached hydrogens (tertiary/aromatic N) is 3. The van der Waals surface area contributed by atoms with Crippen molar-refractivity contribution in [3.05, 3.63) is 64.1 Å². The molecule has 0 saturated carbocycles. The highest BCUT2D eigenvalue weighted by Gasteiger charge is 2.58. The van der Waals surface area contributed by atoms with E-state index >= 15 is 0 Å². The number of amides is 5. The molecule has 8 nitrogen and oxygen atoms in total. The fraction of sp³-hybridized carbons (Fsp3) is 0.385. The van der Waals surface area contributed by atoms with Crippen LogP contribution >= 0.6 is 23.2 Å². The maximum atomic E-state index is 13.5. The lowest BCUT2D eigenvalue weighted by atomic mass is 9.85. The van der Waals surface area contributed by atoms with Gasteiger partial charge in [0, 0.05) is 30.8 Å². The molecule has 190 valence electrons. The van der Waals surface area contributed by atoms with Gasteiger partial charge >= 0.3 is 6.03 Å². The summed E-state index contributed by atoms with van der Waals surface area (Å²) < 4.78 is 0. The summed E-state index contributed by atoms with van der Waals surface area (Å²) in [5.41, 5.74) is -0.211. The number of urea groups is 1. The summed E-state index contributed by atoms with van der Waals surface area (Å²) in [5, 5.41) is 3.40. The number of imide groups is 1. The molecule has 2 aliphatic rings. The Morgan fingerprint density at radius 1 is 1.00 bits per heavy atom. The van der Waals surface area contributed by atoms with Crippen molar-refractivity contribution in [3.63, 3.8) is 0 Å². The Bertz CT molecular complexity index is 1200. The molecule has 2 aromatic carbocycles. The highest BCUT2D eigenvalue weighted by atomic mass is 35.5. The maximum absolute atomic E-state index is 13.5. The summed E-state index contributed by atoms with van der Waals surface area (Å²) in [6.45, 7) is 4.23. The molecule has 0 unspecified atom stereocenters. The van der Waals surface area contributed by atoms with Crippen molar-refractivity contribution in [2.45, 2.75) is 38.3 Å². The highest BCUT2D eigenvalue weighted by Crippen LogP contribution is 2.40. The molecular weight excluding hydrogens is 503 g/mol. The van der Waals surface area contributed by atoms with E-state index in [-0.39, 0.29) is 47.4 Å². The minimum Gasteiger partial charge on any atom is -0.341 e. The molecule has 0 aliphatic carbocycles. The Kier molecular flexibility index (Phi) is 7.29. The lowest BCUT2D eigenvalue weighted by molar-refractivity contribution is -0.139. The first-order valence-corrected chi connectivity index (χ1v) is 12.5. The molecule has 2 aliphatic heterocycles. The second kappa shape index (κ2) is 10.1. The van der Waals surface area contributed by atoms with Gasteiger partial charge in [-0.15, -0.1) is 0 Å². The molecule has 1 spiro atoms. The summed E-state index contributed by atoms with van der Waals surface area (Å²) in [7, 11) is 1.48. The predicted octanol–water partition coefficient (Wildman–Crippen LogP) is 4.21. The Morgan fingerprint density at radius 2 is 1.64 bits per heavy atom. The topological polar surface area (TPSA) is 90.0 Å². The first-order valence-electron chi connectivity index (χ1n) is 11.8. The zero-order valence-corrected chi connectivity index (χ0v) is 21.8. The summed E-state index contributed by atoms with van der Waals surface area (Å²) in [5.74, 6) is -1.20. The number of benzene rings is 2. The summed E-state index contributed by atoms with van der Waals surface area (Å²) >= 11 is 12.2. The van der Waals surface area contributed by atoms with Gasteiger partial charge in [-0.2, -0.15) is 0 Å². The number of piperidine rings is 1. The van der Waals surface area contributed by atoms with Gasteiger partial charge in [0.15, 0.2) is 0 Å². The van der Waals surface area contributed by atoms with Crippen LogP contribution in [0.4, 0.5) is 10.5 Å². The minimum atomic E-state index is -1.05. The second-order valence-electron chi connectivity index (χ2n) is 9.49. The summed E-state index contributed by atoms with van der Waals surface area (Å²) in [6.07, 6.45) is 0.586. The van der Waals surface area contributed by atoms with Crippen molar-refractivity contribution in [1.29, 1.82) is 0 Å². The third kappa shape index (κ3) is 4.55. The van der Waals surface area contributed by atoms with Gasteiger partial charge in [-0.05, 0) is 49.1 Å². The molecule has 36 heavy (non-hydrogen) atoms. The van der Waals surface area contributed by atoms with E-state index in [1.807, 2.05) is 32.0 Å². The third-order valence-corrected chi connectivity index (χ3v) is 7.48. The van der Waals surface area contributed by atoms with E-state index in [1.165, 1.54) is 19.2 Å². The number of anilines is 1. The number of para-hydroxylation sites is 1. The van der Waals surface area contributed by atoms with Crippen LogP contribution < -0.4 is 10.2 Å². The van der Waals surface area contributed by atoms with Crippen molar-refractivity contribution < 1.29 is 19.2 Å². The van der Waals surface area contributed by atoms with Crippen molar-refractivity contribution in [3.8, 4) is 0 Å². The van der Waals surface area contributed by atoms with Crippen molar-refractivity contribution in [2.24, 2.45) is 5.92 Å². The average Bonchev–Trinajstić information content (AvgIpc) is 3.04. The number of nitrogens with one attached hydrogen (secondary N) is 1. The van der Waals surface area contributed by atoms with E-state index in [4.69, 9.17) is 23.2 Å². The molecule has 5 amide bonds. The Morgan fingerprint density at radius 3 is 2.25 bits per heavy atom. The maximum Gasteiger partial charge on any atom is 0.331 e. The molecule has 1 atom stereocenters. The minimum absolute atomic E-state index is 0.191. The zero-order valence-electron chi connectivity index (χ0n) is 20.3. The molecule has 0 radical (unpaired) electrons. The highest BCUT2D eigenvalue weighted by molar-refractivity contribution is 6.35. The molecule has 1 N–H and O–H groups in total. The van der Waals surface area contributed by atoms with Crippen LogP contribution in [0.15, 0.2) is 48.5 Å². The van der Waals surface area contributed by atoms with Crippen molar-refractivity contribution >= 4 is 52.6 Å². The number of carbonyl (C=O) groups is 4. The number of hydrogen-bond donors (Lipinski definition) is 1. The molecule has 2 fully saturated rings. The van der Waals surface area contributed by atoms with E-state index in [0.29, 0.717) is 23.6 Å². The van der Waals surface area contributed by atoms with Crippen LogP contribution in [0.5, 0.6) is 0 Å². The lowest BCUT2D eigenvalue weighted by Gasteiger charge is -2.43. The fourth-order valence-corrected chi connectivity index (χ4v) is 5.27. The number of hydrogen-bond acceptors (Lipinski definition) is 4. The lowest BCUT2D eigenvalue weighted by Crippen LogP contribution is -2.60. The SMILES string of the molecule is CC(C)[C@@H](NC(=O)c1cc(Cl)ccc1Cl)C(=O)N1CCC2(CC1)C(=O)N(C)C(=O)N2c1ccccc1. The fourth-order valence-electron chi connectivity index (χ4n) is 4.90. The number of likely N-dealkylation sites (N-methyl/N-ethyl adjacent to an activating group) is 1. The molecule has 0 aromatic heterocycles. The Labute approximate surface area is 220 Å². The number of likely N-dealkylation sites (tertiary alicyclic amines) is 1. The van der Waals surface area contributed by atoms with Gasteiger partial charge in [0.2, 0.25) is 5.91 Å². The molecule has 2 saturated heterocycles. The quantitative estimate of drug-likeness (QED) is 0.586.